The van der Waals surface area contributed by atoms with E-state index in [-0.39, 0.29) is 45.9 Å². The number of likely N-dealkylation sites (tertiary alicyclic amines) is 2. The van der Waals surface area contributed by atoms with Crippen molar-refractivity contribution in [3.63, 3.8) is 0 Å². The van der Waals surface area contributed by atoms with Crippen LogP contribution in [0.25, 0.3) is 22.5 Å². The topological polar surface area (TPSA) is 233 Å². The Kier molecular flexibility index (Phi) is 10.4. The van der Waals surface area contributed by atoms with Crippen molar-refractivity contribution in [3.05, 3.63) is 85.0 Å². The van der Waals surface area contributed by atoms with E-state index in [2.05, 4.69) is 23.4 Å². The van der Waals surface area contributed by atoms with E-state index in [0.717, 1.165) is 93.8 Å². The summed E-state index contributed by atoms with van der Waals surface area (Å²) in [6.07, 6.45) is 9.59. The lowest BCUT2D eigenvalue weighted by atomic mass is 9.60. The fourth-order valence-electron chi connectivity index (χ4n) is 9.18. The largest absolute Gasteiger partial charge is 0.494 e. The average Bonchev–Trinajstić information content (AvgIpc) is 3.83. The zero-order valence-corrected chi connectivity index (χ0v) is 33.8. The summed E-state index contributed by atoms with van der Waals surface area (Å²) in [4.78, 5) is 51.2. The number of primary amides is 2. The minimum absolute atomic E-state index is 0.0323. The van der Waals surface area contributed by atoms with Gasteiger partial charge in [-0.2, -0.15) is 10.2 Å². The van der Waals surface area contributed by atoms with Gasteiger partial charge in [0.2, 0.25) is 11.8 Å². The molecule has 0 radical (unpaired) electrons. The molecule has 0 unspecified atom stereocenters. The predicted octanol–water partition coefficient (Wildman–Crippen LogP) is 4.49. The van der Waals surface area contributed by atoms with Gasteiger partial charge in [-0.05, 0) is 106 Å². The van der Waals surface area contributed by atoms with E-state index in [1.807, 2.05) is 55.5 Å². The summed E-state index contributed by atoms with van der Waals surface area (Å²) in [6, 6.07) is 15.1. The molecule has 2 aromatic carbocycles. The van der Waals surface area contributed by atoms with Gasteiger partial charge < -0.3 is 42.2 Å². The molecule has 2 aromatic heterocycles. The standard InChI is InChI=1S/C22H25N5O3.C22H27N5O3/c1-2-17(28)26-11-22(12-26)9-14(10-22)27-20(23)18(21(24)29)19(25-27)13-3-5-15(6-4-13)30-16-7-8-16;1-3-9-30-16-7-5-14(6-8-16)19-18(21(24)29)20(23)27(25-19)15-10-22(11-15)12-26(13-22)17(28)4-2/h2-6,14,16H,1,7-12,23H2,(H2,24,29);4-8,15H,2-3,9-13,23H2,1H3,(H2,24,29). The third kappa shape index (κ3) is 7.45. The van der Waals surface area contributed by atoms with Gasteiger partial charge in [-0.3, -0.25) is 19.2 Å². The Bertz CT molecular complexity index is 2330. The third-order valence-electron chi connectivity index (χ3n) is 12.4. The number of nitrogens with zero attached hydrogens (tertiary/aromatic N) is 6. The quantitative estimate of drug-likeness (QED) is 0.138. The minimum Gasteiger partial charge on any atom is -0.494 e. The van der Waals surface area contributed by atoms with Crippen molar-refractivity contribution in [2.24, 2.45) is 22.3 Å². The first kappa shape index (κ1) is 40.2. The van der Waals surface area contributed by atoms with Crippen molar-refractivity contribution in [1.82, 2.24) is 29.4 Å². The van der Waals surface area contributed by atoms with Crippen LogP contribution in [0.5, 0.6) is 11.5 Å². The van der Waals surface area contributed by atoms with E-state index < -0.39 is 11.8 Å². The van der Waals surface area contributed by atoms with Gasteiger partial charge in [-0.25, -0.2) is 9.36 Å². The number of nitrogen functional groups attached to an aromatic ring is 2. The van der Waals surface area contributed by atoms with E-state index in [9.17, 15) is 19.2 Å². The average molecular weight is 817 g/mol. The van der Waals surface area contributed by atoms with Gasteiger partial charge in [0, 0.05) is 48.1 Å². The van der Waals surface area contributed by atoms with E-state index in [4.69, 9.17) is 32.4 Å². The normalized spacial score (nSPS) is 18.6. The first-order valence-corrected chi connectivity index (χ1v) is 20.4. The molecule has 9 rings (SSSR count). The van der Waals surface area contributed by atoms with Gasteiger partial charge in [-0.15, -0.1) is 0 Å². The fraction of sp³-hybridized carbons (Fsp3) is 0.409. The molecular weight excluding hydrogens is 765 g/mol. The molecule has 4 amide bonds. The summed E-state index contributed by atoms with van der Waals surface area (Å²) >= 11 is 0. The molecule has 4 aromatic rings. The number of ether oxygens (including phenoxy) is 2. The summed E-state index contributed by atoms with van der Waals surface area (Å²) in [5.41, 5.74) is 27.1. The van der Waals surface area contributed by atoms with Crippen LogP contribution in [-0.2, 0) is 9.59 Å². The van der Waals surface area contributed by atoms with Crippen LogP contribution < -0.4 is 32.4 Å². The number of benzene rings is 2. The number of amides is 4. The number of aromatic nitrogens is 4. The molecular formula is C44H52N10O6. The molecule has 3 aliphatic carbocycles. The van der Waals surface area contributed by atoms with Crippen LogP contribution >= 0.6 is 0 Å². The highest BCUT2D eigenvalue weighted by Crippen LogP contribution is 2.56. The zero-order chi connectivity index (χ0) is 42.5. The zero-order valence-electron chi connectivity index (χ0n) is 33.8. The third-order valence-corrected chi connectivity index (χ3v) is 12.4. The Hall–Kier alpha value is -6.58. The van der Waals surface area contributed by atoms with E-state index in [1.165, 1.54) is 12.2 Å². The van der Waals surface area contributed by atoms with Crippen LogP contribution in [0.15, 0.2) is 73.8 Å². The van der Waals surface area contributed by atoms with E-state index in [0.29, 0.717) is 35.7 Å². The first-order chi connectivity index (χ1) is 28.8. The second-order valence-electron chi connectivity index (χ2n) is 17.0. The Balaban J connectivity index is 0.000000166. The van der Waals surface area contributed by atoms with Crippen molar-refractivity contribution < 1.29 is 28.7 Å². The Morgan fingerprint density at radius 2 is 1.10 bits per heavy atom. The smallest absolute Gasteiger partial charge is 0.254 e. The number of nitrogens with two attached hydrogens (primary N) is 4. The Morgan fingerprint density at radius 1 is 0.700 bits per heavy atom. The second-order valence-corrected chi connectivity index (χ2v) is 17.0. The molecule has 60 heavy (non-hydrogen) atoms. The van der Waals surface area contributed by atoms with E-state index in [1.54, 1.807) is 19.2 Å². The van der Waals surface area contributed by atoms with Crippen LogP contribution in [0.4, 0.5) is 11.6 Å². The first-order valence-electron chi connectivity index (χ1n) is 20.4. The van der Waals surface area contributed by atoms with Crippen molar-refractivity contribution in [3.8, 4) is 34.0 Å². The van der Waals surface area contributed by atoms with Crippen LogP contribution in [0.3, 0.4) is 0 Å². The van der Waals surface area contributed by atoms with Crippen molar-refractivity contribution in [2.45, 2.75) is 70.1 Å². The predicted molar refractivity (Wildman–Crippen MR) is 226 cm³/mol. The molecule has 3 saturated carbocycles. The molecule has 2 saturated heterocycles. The van der Waals surface area contributed by atoms with Crippen LogP contribution in [-0.4, -0.2) is 91.9 Å². The number of carbonyl (C=O) groups is 4. The summed E-state index contributed by atoms with van der Waals surface area (Å²) in [5.74, 6) is 0.906. The molecule has 314 valence electrons. The lowest BCUT2D eigenvalue weighted by Crippen LogP contribution is -2.63. The molecule has 16 heteroatoms. The molecule has 0 bridgehead atoms. The van der Waals surface area contributed by atoms with Crippen molar-refractivity contribution in [2.75, 3.05) is 44.3 Å². The Labute approximate surface area is 348 Å². The summed E-state index contributed by atoms with van der Waals surface area (Å²) in [5, 5.41) is 9.34. The maximum atomic E-state index is 12.1. The highest BCUT2D eigenvalue weighted by Gasteiger charge is 2.56. The number of rotatable bonds is 13. The molecule has 2 aliphatic heterocycles. The van der Waals surface area contributed by atoms with E-state index >= 15 is 0 Å². The number of hydrogen-bond acceptors (Lipinski definition) is 10. The molecule has 0 atom stereocenters. The number of carbonyl (C=O) groups excluding carboxylic acids is 4. The lowest BCUT2D eigenvalue weighted by molar-refractivity contribution is -0.149. The summed E-state index contributed by atoms with van der Waals surface area (Å²) in [6.45, 7) is 12.7. The molecule has 8 N–H and O–H groups in total. The molecule has 2 spiro atoms. The van der Waals surface area contributed by atoms with Crippen LogP contribution in [0, 0.1) is 10.8 Å². The van der Waals surface area contributed by atoms with Crippen molar-refractivity contribution >= 4 is 35.3 Å². The summed E-state index contributed by atoms with van der Waals surface area (Å²) < 4.78 is 14.9. The van der Waals surface area contributed by atoms with Gasteiger partial charge >= 0.3 is 0 Å². The number of hydrogen-bond donors (Lipinski definition) is 4. The highest BCUT2D eigenvalue weighted by atomic mass is 16.5. The van der Waals surface area contributed by atoms with Gasteiger partial charge in [-0.1, -0.05) is 20.1 Å². The summed E-state index contributed by atoms with van der Waals surface area (Å²) in [7, 11) is 0. The fourth-order valence-corrected chi connectivity index (χ4v) is 9.18. The second kappa shape index (κ2) is 15.5. The molecule has 16 nitrogen and oxygen atoms in total. The molecule has 4 heterocycles. The van der Waals surface area contributed by atoms with Crippen LogP contribution in [0.2, 0.25) is 0 Å². The Morgan fingerprint density at radius 3 is 1.45 bits per heavy atom. The highest BCUT2D eigenvalue weighted by molar-refractivity contribution is 6.04. The van der Waals surface area contributed by atoms with Crippen LogP contribution in [0.1, 0.15) is 84.7 Å². The molecule has 5 aliphatic rings. The molecule has 5 fully saturated rings. The minimum atomic E-state index is -0.597. The monoisotopic (exact) mass is 816 g/mol. The number of anilines is 2. The van der Waals surface area contributed by atoms with Gasteiger partial charge in [0.1, 0.15) is 45.6 Å². The maximum Gasteiger partial charge on any atom is 0.254 e. The van der Waals surface area contributed by atoms with Gasteiger partial charge in [0.25, 0.3) is 11.8 Å². The maximum absolute atomic E-state index is 12.1. The SMILES string of the molecule is C=CC(=O)N1CC2(CC(n3nc(-c4ccc(OC5CC5)cc4)c(C(N)=O)c3N)C2)C1.C=CC(=O)N1CC2(CC(n3nc(-c4ccc(OCCC)cc4)c(C(N)=O)c3N)C2)C1. The van der Waals surface area contributed by atoms with Crippen molar-refractivity contribution in [1.29, 1.82) is 0 Å². The van der Waals surface area contributed by atoms with Gasteiger partial charge in [0.15, 0.2) is 0 Å². The lowest BCUT2D eigenvalue weighted by Gasteiger charge is -2.58. The van der Waals surface area contributed by atoms with Gasteiger partial charge in [0.05, 0.1) is 24.8 Å².